The molecule has 0 aliphatic rings. The zero-order valence-electron chi connectivity index (χ0n) is 14.4. The zero-order valence-corrected chi connectivity index (χ0v) is 15.2. The summed E-state index contributed by atoms with van der Waals surface area (Å²) in [6, 6.07) is 12.9. The van der Waals surface area contributed by atoms with E-state index in [2.05, 4.69) is 10.5 Å². The number of carbonyl (C=O) groups excluding carboxylic acids is 2. The number of hydrogen-bond acceptors (Lipinski definition) is 6. The molecule has 134 valence electrons. The number of thiophene rings is 1. The summed E-state index contributed by atoms with van der Waals surface area (Å²) in [5.41, 5.74) is 1.38. The summed E-state index contributed by atoms with van der Waals surface area (Å²) in [7, 11) is 0. The van der Waals surface area contributed by atoms with Crippen LogP contribution >= 0.6 is 11.3 Å². The van der Waals surface area contributed by atoms with Crippen LogP contribution in [0.2, 0.25) is 0 Å². The van der Waals surface area contributed by atoms with E-state index in [0.29, 0.717) is 11.5 Å². The molecule has 3 aromatic rings. The molecule has 0 saturated heterocycles. The quantitative estimate of drug-likeness (QED) is 0.669. The van der Waals surface area contributed by atoms with Gasteiger partial charge in [-0.1, -0.05) is 41.6 Å². The monoisotopic (exact) mass is 370 g/mol. The van der Waals surface area contributed by atoms with E-state index in [9.17, 15) is 9.59 Å². The third-order valence-corrected chi connectivity index (χ3v) is 4.85. The number of hydrogen-bond donors (Lipinski definition) is 1. The summed E-state index contributed by atoms with van der Waals surface area (Å²) in [6.07, 6.45) is 0. The topological polar surface area (TPSA) is 81.4 Å². The van der Waals surface area contributed by atoms with Crippen molar-refractivity contribution in [3.8, 4) is 11.3 Å². The molecule has 0 fully saturated rings. The number of esters is 1. The standard InChI is InChI=1S/C19H18N2O4S/c1-12(15-9-6-10-26-15)20-16(22)11-24-19(23)17-13(2)25-21-18(17)14-7-4-3-5-8-14/h3-10,12H,11H2,1-2H3,(H,20,22). The number of aromatic nitrogens is 1. The van der Waals surface area contributed by atoms with Gasteiger partial charge >= 0.3 is 5.97 Å². The van der Waals surface area contributed by atoms with Gasteiger partial charge in [0.25, 0.3) is 5.91 Å². The summed E-state index contributed by atoms with van der Waals surface area (Å²) >= 11 is 1.55. The van der Waals surface area contributed by atoms with E-state index in [1.165, 1.54) is 0 Å². The largest absolute Gasteiger partial charge is 0.452 e. The molecule has 0 aliphatic heterocycles. The molecule has 7 heteroatoms. The molecule has 0 saturated carbocycles. The Bertz CT molecular complexity index is 888. The Hall–Kier alpha value is -2.93. The van der Waals surface area contributed by atoms with E-state index in [-0.39, 0.29) is 24.1 Å². The lowest BCUT2D eigenvalue weighted by molar-refractivity contribution is -0.124. The second-order valence-electron chi connectivity index (χ2n) is 5.71. The number of ether oxygens (including phenoxy) is 1. The zero-order chi connectivity index (χ0) is 18.5. The van der Waals surface area contributed by atoms with Gasteiger partial charge in [0.15, 0.2) is 6.61 Å². The molecular formula is C19H18N2O4S. The Morgan fingerprint density at radius 3 is 2.69 bits per heavy atom. The minimum absolute atomic E-state index is 0.140. The average molecular weight is 370 g/mol. The van der Waals surface area contributed by atoms with Gasteiger partial charge in [-0.25, -0.2) is 4.79 Å². The summed E-state index contributed by atoms with van der Waals surface area (Å²) in [5, 5.41) is 8.68. The first-order valence-corrected chi connectivity index (χ1v) is 8.96. The first-order valence-electron chi connectivity index (χ1n) is 8.08. The molecule has 1 aromatic carbocycles. The van der Waals surface area contributed by atoms with E-state index in [4.69, 9.17) is 9.26 Å². The fraction of sp³-hybridized carbons (Fsp3) is 0.211. The van der Waals surface area contributed by atoms with E-state index in [1.54, 1.807) is 18.3 Å². The molecular weight excluding hydrogens is 352 g/mol. The van der Waals surface area contributed by atoms with Crippen LogP contribution in [0.15, 0.2) is 52.4 Å². The molecule has 1 unspecified atom stereocenters. The van der Waals surface area contributed by atoms with Crippen LogP contribution in [0.5, 0.6) is 0 Å². The molecule has 3 rings (SSSR count). The second kappa shape index (κ2) is 7.97. The third kappa shape index (κ3) is 4.00. The van der Waals surface area contributed by atoms with E-state index >= 15 is 0 Å². The van der Waals surface area contributed by atoms with Gasteiger partial charge in [-0.2, -0.15) is 0 Å². The minimum Gasteiger partial charge on any atom is -0.452 e. The van der Waals surface area contributed by atoms with Crippen molar-refractivity contribution in [3.63, 3.8) is 0 Å². The van der Waals surface area contributed by atoms with E-state index in [1.807, 2.05) is 54.8 Å². The third-order valence-electron chi connectivity index (χ3n) is 3.80. The molecule has 1 N–H and O–H groups in total. The van der Waals surface area contributed by atoms with Gasteiger partial charge in [-0.05, 0) is 25.3 Å². The Labute approximate surface area is 154 Å². The van der Waals surface area contributed by atoms with Crippen molar-refractivity contribution in [2.45, 2.75) is 19.9 Å². The van der Waals surface area contributed by atoms with E-state index in [0.717, 1.165) is 10.4 Å². The first-order chi connectivity index (χ1) is 12.6. The molecule has 0 aliphatic carbocycles. The summed E-state index contributed by atoms with van der Waals surface area (Å²) in [6.45, 7) is 3.14. The highest BCUT2D eigenvalue weighted by Gasteiger charge is 2.23. The molecule has 0 radical (unpaired) electrons. The number of carbonyl (C=O) groups is 2. The molecule has 6 nitrogen and oxygen atoms in total. The van der Waals surface area contributed by atoms with Gasteiger partial charge in [-0.15, -0.1) is 11.3 Å². The average Bonchev–Trinajstić information content (AvgIpc) is 3.30. The van der Waals surface area contributed by atoms with Crippen molar-refractivity contribution >= 4 is 23.2 Å². The minimum atomic E-state index is -0.637. The lowest BCUT2D eigenvalue weighted by atomic mass is 10.1. The molecule has 0 bridgehead atoms. The van der Waals surface area contributed by atoms with Gasteiger partial charge in [0.2, 0.25) is 0 Å². The maximum Gasteiger partial charge on any atom is 0.344 e. The van der Waals surface area contributed by atoms with Crippen molar-refractivity contribution in [2.24, 2.45) is 0 Å². The Morgan fingerprint density at radius 1 is 1.23 bits per heavy atom. The van der Waals surface area contributed by atoms with Crippen molar-refractivity contribution in [1.29, 1.82) is 0 Å². The number of nitrogens with one attached hydrogen (secondary N) is 1. The van der Waals surface area contributed by atoms with Crippen molar-refractivity contribution in [2.75, 3.05) is 6.61 Å². The van der Waals surface area contributed by atoms with Crippen molar-refractivity contribution < 1.29 is 18.8 Å². The fourth-order valence-electron chi connectivity index (χ4n) is 2.50. The van der Waals surface area contributed by atoms with Gasteiger partial charge in [0.05, 0.1) is 6.04 Å². The fourth-order valence-corrected chi connectivity index (χ4v) is 3.24. The molecule has 26 heavy (non-hydrogen) atoms. The van der Waals surface area contributed by atoms with Crippen LogP contribution in [0.1, 0.15) is 34.0 Å². The number of rotatable bonds is 6. The van der Waals surface area contributed by atoms with Crippen LogP contribution < -0.4 is 5.32 Å². The Kier molecular flexibility index (Phi) is 5.48. The highest BCUT2D eigenvalue weighted by atomic mass is 32.1. The van der Waals surface area contributed by atoms with Crippen LogP contribution in [0.25, 0.3) is 11.3 Å². The molecule has 1 atom stereocenters. The van der Waals surface area contributed by atoms with Gasteiger partial charge < -0.3 is 14.6 Å². The first kappa shape index (κ1) is 17.9. The molecule has 1 amide bonds. The Balaban J connectivity index is 1.64. The highest BCUT2D eigenvalue weighted by Crippen LogP contribution is 2.25. The summed E-state index contributed by atoms with van der Waals surface area (Å²) in [4.78, 5) is 25.5. The summed E-state index contributed by atoms with van der Waals surface area (Å²) < 4.78 is 10.3. The molecule has 2 aromatic heterocycles. The van der Waals surface area contributed by atoms with Gasteiger partial charge in [0, 0.05) is 10.4 Å². The second-order valence-corrected chi connectivity index (χ2v) is 6.69. The maximum atomic E-state index is 12.4. The number of benzene rings is 1. The van der Waals surface area contributed by atoms with Crippen LogP contribution in [0.4, 0.5) is 0 Å². The number of amides is 1. The van der Waals surface area contributed by atoms with Crippen molar-refractivity contribution in [1.82, 2.24) is 10.5 Å². The normalized spacial score (nSPS) is 11.8. The SMILES string of the molecule is Cc1onc(-c2ccccc2)c1C(=O)OCC(=O)NC(C)c1cccs1. The van der Waals surface area contributed by atoms with Gasteiger partial charge in [-0.3, -0.25) is 4.79 Å². The number of aryl methyl sites for hydroxylation is 1. The van der Waals surface area contributed by atoms with Crippen molar-refractivity contribution in [3.05, 3.63) is 64.0 Å². The summed E-state index contributed by atoms with van der Waals surface area (Å²) in [5.74, 6) is -0.655. The van der Waals surface area contributed by atoms with E-state index < -0.39 is 5.97 Å². The van der Waals surface area contributed by atoms with Crippen LogP contribution in [-0.2, 0) is 9.53 Å². The predicted octanol–water partition coefficient (Wildman–Crippen LogP) is 3.75. The predicted molar refractivity (Wildman–Crippen MR) is 97.8 cm³/mol. The van der Waals surface area contributed by atoms with Gasteiger partial charge in [0.1, 0.15) is 17.0 Å². The van der Waals surface area contributed by atoms with Crippen LogP contribution in [0.3, 0.4) is 0 Å². The molecule has 2 heterocycles. The van der Waals surface area contributed by atoms with Crippen LogP contribution in [-0.4, -0.2) is 23.6 Å². The number of nitrogens with zero attached hydrogens (tertiary/aromatic N) is 1. The van der Waals surface area contributed by atoms with Crippen LogP contribution in [0, 0.1) is 6.92 Å². The lowest BCUT2D eigenvalue weighted by Crippen LogP contribution is -2.30. The Morgan fingerprint density at radius 2 is 2.00 bits per heavy atom. The maximum absolute atomic E-state index is 12.4. The lowest BCUT2D eigenvalue weighted by Gasteiger charge is -2.12. The molecule has 0 spiro atoms. The smallest absolute Gasteiger partial charge is 0.344 e. The highest BCUT2D eigenvalue weighted by molar-refractivity contribution is 7.10.